The van der Waals surface area contributed by atoms with Crippen molar-refractivity contribution in [3.63, 3.8) is 0 Å². The summed E-state index contributed by atoms with van der Waals surface area (Å²) in [7, 11) is 3.27. The largest absolute Gasteiger partial charge is 0.457 e. The zero-order valence-corrected chi connectivity index (χ0v) is 19.7. The van der Waals surface area contributed by atoms with Crippen molar-refractivity contribution in [2.24, 2.45) is 0 Å². The van der Waals surface area contributed by atoms with Crippen molar-refractivity contribution in [2.75, 3.05) is 19.0 Å². The molecule has 9 heteroatoms. The molecule has 2 amide bonds. The maximum absolute atomic E-state index is 13.0. The molecule has 0 heterocycles. The van der Waals surface area contributed by atoms with Crippen LogP contribution in [-0.4, -0.2) is 48.7 Å². The van der Waals surface area contributed by atoms with Crippen molar-refractivity contribution in [3.05, 3.63) is 63.6 Å². The van der Waals surface area contributed by atoms with Gasteiger partial charge in [0.1, 0.15) is 0 Å². The van der Waals surface area contributed by atoms with E-state index in [2.05, 4.69) is 0 Å². The van der Waals surface area contributed by atoms with Gasteiger partial charge >= 0.3 is 5.97 Å². The van der Waals surface area contributed by atoms with Crippen LogP contribution in [0.1, 0.15) is 36.2 Å². The molecule has 0 aliphatic rings. The lowest BCUT2D eigenvalue weighted by molar-refractivity contribution is -0.157. The zero-order chi connectivity index (χ0) is 24.0. The number of esters is 1. The minimum Gasteiger partial charge on any atom is -0.457 e. The van der Waals surface area contributed by atoms with Gasteiger partial charge in [0.15, 0.2) is 0 Å². The second-order valence-electron chi connectivity index (χ2n) is 7.53. The Morgan fingerprint density at radius 2 is 1.56 bits per heavy atom. The summed E-state index contributed by atoms with van der Waals surface area (Å²) in [6.45, 7) is 3.30. The Bertz CT molecular complexity index is 1020. The van der Waals surface area contributed by atoms with Gasteiger partial charge < -0.3 is 14.5 Å². The molecule has 0 N–H and O–H groups in total. The normalized spacial score (nSPS) is 10.6. The van der Waals surface area contributed by atoms with Crippen LogP contribution in [0.3, 0.4) is 0 Å². The van der Waals surface area contributed by atoms with Crippen molar-refractivity contribution < 1.29 is 23.9 Å². The zero-order valence-electron chi connectivity index (χ0n) is 18.2. The summed E-state index contributed by atoms with van der Waals surface area (Å²) in [5.74, 6) is -2.80. The van der Waals surface area contributed by atoms with E-state index in [4.69, 9.17) is 27.9 Å². The van der Waals surface area contributed by atoms with Crippen molar-refractivity contribution in [2.45, 2.75) is 32.9 Å². The molecule has 0 saturated heterocycles. The summed E-state index contributed by atoms with van der Waals surface area (Å²) in [5.41, 5.74) is 1.55. The Morgan fingerprint density at radius 3 is 2.09 bits per heavy atom. The Balaban J connectivity index is 2.32. The molecule has 32 heavy (non-hydrogen) atoms. The second kappa shape index (κ2) is 11.1. The van der Waals surface area contributed by atoms with Crippen LogP contribution in [0, 0.1) is 0 Å². The van der Waals surface area contributed by atoms with Crippen molar-refractivity contribution in [1.82, 2.24) is 4.90 Å². The number of hydrogen-bond acceptors (Lipinski definition) is 5. The quantitative estimate of drug-likeness (QED) is 0.323. The van der Waals surface area contributed by atoms with Crippen LogP contribution in [0.5, 0.6) is 0 Å². The number of carbonyl (C=O) groups is 4. The van der Waals surface area contributed by atoms with Crippen LogP contribution >= 0.6 is 23.2 Å². The van der Waals surface area contributed by atoms with Gasteiger partial charge in [-0.1, -0.05) is 29.3 Å². The molecule has 0 radical (unpaired) electrons. The molecule has 0 aliphatic heterocycles. The molecule has 7 nitrogen and oxygen atoms in total. The van der Waals surface area contributed by atoms with Gasteiger partial charge in [0.25, 0.3) is 5.91 Å². The molecule has 0 saturated carbocycles. The number of ether oxygens (including phenoxy) is 1. The van der Waals surface area contributed by atoms with E-state index < -0.39 is 30.2 Å². The first-order valence-corrected chi connectivity index (χ1v) is 10.5. The first-order valence-electron chi connectivity index (χ1n) is 9.79. The highest BCUT2D eigenvalue weighted by Crippen LogP contribution is 2.25. The molecular weight excluding hydrogens is 455 g/mol. The van der Waals surface area contributed by atoms with Crippen LogP contribution < -0.4 is 4.90 Å². The van der Waals surface area contributed by atoms with Crippen LogP contribution in [-0.2, 0) is 25.7 Å². The number of anilines is 1. The average molecular weight is 479 g/mol. The van der Waals surface area contributed by atoms with E-state index in [0.29, 0.717) is 26.9 Å². The number of hydrogen-bond donors (Lipinski definition) is 0. The molecule has 0 fully saturated rings. The van der Waals surface area contributed by atoms with Crippen molar-refractivity contribution >= 4 is 52.5 Å². The van der Waals surface area contributed by atoms with E-state index in [0.717, 1.165) is 0 Å². The predicted octanol–water partition coefficient (Wildman–Crippen LogP) is 4.14. The first-order chi connectivity index (χ1) is 15.0. The van der Waals surface area contributed by atoms with Gasteiger partial charge in [0.05, 0.1) is 29.1 Å². The van der Waals surface area contributed by atoms with Gasteiger partial charge in [-0.2, -0.15) is 0 Å². The SMILES string of the molecule is CC(C)OC(=O)C(=O)CC(=O)N(Cc1ccc(Cl)c(Cl)c1)c1ccc(C(=O)N(C)C)cc1. The second-order valence-corrected chi connectivity index (χ2v) is 8.34. The Labute approximate surface area is 196 Å². The fourth-order valence-corrected chi connectivity index (χ4v) is 3.09. The number of carbonyl (C=O) groups excluding carboxylic acids is 4. The smallest absolute Gasteiger partial charge is 0.375 e. The molecule has 0 atom stereocenters. The number of halogens is 2. The van der Waals surface area contributed by atoms with E-state index >= 15 is 0 Å². The van der Waals surface area contributed by atoms with E-state index in [-0.39, 0.29) is 12.5 Å². The molecule has 2 aromatic rings. The highest BCUT2D eigenvalue weighted by Gasteiger charge is 2.25. The van der Waals surface area contributed by atoms with Crippen molar-refractivity contribution in [1.29, 1.82) is 0 Å². The fraction of sp³-hybridized carbons (Fsp3) is 0.304. The topological polar surface area (TPSA) is 84.0 Å². The minimum absolute atomic E-state index is 0.0726. The third kappa shape index (κ3) is 6.80. The Kier molecular flexibility index (Phi) is 8.80. The summed E-state index contributed by atoms with van der Waals surface area (Å²) < 4.78 is 4.88. The molecule has 0 aromatic heterocycles. The van der Waals surface area contributed by atoms with Gasteiger partial charge in [0, 0.05) is 25.3 Å². The predicted molar refractivity (Wildman–Crippen MR) is 123 cm³/mol. The lowest BCUT2D eigenvalue weighted by Crippen LogP contribution is -2.34. The molecule has 2 rings (SSSR count). The summed E-state index contributed by atoms with van der Waals surface area (Å²) >= 11 is 12.1. The lowest BCUT2D eigenvalue weighted by atomic mass is 10.1. The molecule has 170 valence electrons. The number of rotatable bonds is 8. The van der Waals surface area contributed by atoms with Gasteiger partial charge in [-0.05, 0) is 55.8 Å². The molecule has 0 unspecified atom stereocenters. The highest BCUT2D eigenvalue weighted by molar-refractivity contribution is 6.42. The van der Waals surface area contributed by atoms with Crippen LogP contribution in [0.4, 0.5) is 5.69 Å². The van der Waals surface area contributed by atoms with Gasteiger partial charge in [-0.25, -0.2) is 4.79 Å². The highest BCUT2D eigenvalue weighted by atomic mass is 35.5. The van der Waals surface area contributed by atoms with E-state index in [9.17, 15) is 19.2 Å². The maximum atomic E-state index is 13.0. The molecule has 0 aliphatic carbocycles. The van der Waals surface area contributed by atoms with E-state index in [1.165, 1.54) is 9.80 Å². The fourth-order valence-electron chi connectivity index (χ4n) is 2.77. The van der Waals surface area contributed by atoms with Crippen LogP contribution in [0.15, 0.2) is 42.5 Å². The number of benzene rings is 2. The number of amides is 2. The molecule has 2 aromatic carbocycles. The van der Waals surface area contributed by atoms with Crippen LogP contribution in [0.2, 0.25) is 10.0 Å². The van der Waals surface area contributed by atoms with Gasteiger partial charge in [0.2, 0.25) is 11.7 Å². The van der Waals surface area contributed by atoms with E-state index in [1.807, 2.05) is 0 Å². The van der Waals surface area contributed by atoms with Crippen LogP contribution in [0.25, 0.3) is 0 Å². The van der Waals surface area contributed by atoms with E-state index in [1.54, 1.807) is 70.4 Å². The standard InChI is InChI=1S/C23H24Cl2N2O5/c1-14(2)32-23(31)20(28)12-21(29)27(13-15-5-10-18(24)19(25)11-15)17-8-6-16(7-9-17)22(30)26(3)4/h5-11,14H,12-13H2,1-4H3. The molecule has 0 spiro atoms. The number of Topliss-reactive ketones (excluding diaryl/α,β-unsaturated/α-hetero) is 1. The monoisotopic (exact) mass is 478 g/mol. The summed E-state index contributed by atoms with van der Waals surface area (Å²) in [6, 6.07) is 11.3. The third-order valence-corrected chi connectivity index (χ3v) is 5.08. The van der Waals surface area contributed by atoms with Gasteiger partial charge in [-0.15, -0.1) is 0 Å². The Morgan fingerprint density at radius 1 is 0.938 bits per heavy atom. The summed E-state index contributed by atoms with van der Waals surface area (Å²) in [4.78, 5) is 52.0. The van der Waals surface area contributed by atoms with Gasteiger partial charge in [-0.3, -0.25) is 14.4 Å². The molecular formula is C23H24Cl2N2O5. The molecule has 0 bridgehead atoms. The summed E-state index contributed by atoms with van der Waals surface area (Å²) in [6.07, 6.45) is -1.14. The van der Waals surface area contributed by atoms with Crippen molar-refractivity contribution in [3.8, 4) is 0 Å². The maximum Gasteiger partial charge on any atom is 0.375 e. The third-order valence-electron chi connectivity index (χ3n) is 4.34. The summed E-state index contributed by atoms with van der Waals surface area (Å²) in [5, 5.41) is 0.687. The average Bonchev–Trinajstić information content (AvgIpc) is 2.73. The number of nitrogens with zero attached hydrogens (tertiary/aromatic N) is 2. The lowest BCUT2D eigenvalue weighted by Gasteiger charge is -2.23. The number of ketones is 1. The first kappa shape index (κ1) is 25.4. The Hall–Kier alpha value is -2.90. The minimum atomic E-state index is -1.06.